The quantitative estimate of drug-likeness (QED) is 0.536. The number of benzene rings is 1. The Balaban J connectivity index is 1.76. The van der Waals surface area contributed by atoms with Gasteiger partial charge in [-0.1, -0.05) is 6.07 Å². The van der Waals surface area contributed by atoms with Crippen molar-refractivity contribution in [3.63, 3.8) is 0 Å². The van der Waals surface area contributed by atoms with E-state index in [2.05, 4.69) is 60.5 Å². The largest absolute Gasteiger partial charge is 0.382 e. The molecule has 0 saturated carbocycles. The molecule has 2 N–H and O–H groups in total. The summed E-state index contributed by atoms with van der Waals surface area (Å²) in [5.41, 5.74) is 2.87. The van der Waals surface area contributed by atoms with Crippen molar-refractivity contribution >= 4 is 44.0 Å². The number of nitrogens with one attached hydrogen (secondary N) is 2. The third kappa shape index (κ3) is 4.68. The molecule has 0 unspecified atom stereocenters. The standard InChI is InChI=1S/C19H23BrN6/c1-26(2)11-4-3-9-22-18-15(20)6-5-7-17(18)25-19-14-12-21-10-8-16(14)23-13-24-19/h5-8,10,12-13,22H,3-4,9,11H2,1-2H3,(H,23,24,25). The summed E-state index contributed by atoms with van der Waals surface area (Å²) in [6, 6.07) is 7.96. The van der Waals surface area contributed by atoms with Gasteiger partial charge in [0.05, 0.1) is 22.3 Å². The van der Waals surface area contributed by atoms with Crippen LogP contribution in [0.2, 0.25) is 0 Å². The molecule has 0 atom stereocenters. The topological polar surface area (TPSA) is 66.0 Å². The first-order valence-corrected chi connectivity index (χ1v) is 9.43. The molecule has 2 heterocycles. The summed E-state index contributed by atoms with van der Waals surface area (Å²) < 4.78 is 1.02. The van der Waals surface area contributed by atoms with E-state index in [4.69, 9.17) is 0 Å². The SMILES string of the molecule is CN(C)CCCCNc1c(Br)cccc1Nc1ncnc2ccncc12. The van der Waals surface area contributed by atoms with E-state index in [0.717, 1.165) is 58.5 Å². The van der Waals surface area contributed by atoms with Crippen LogP contribution in [-0.4, -0.2) is 47.0 Å². The van der Waals surface area contributed by atoms with E-state index in [1.165, 1.54) is 0 Å². The van der Waals surface area contributed by atoms with E-state index in [1.54, 1.807) is 18.7 Å². The molecule has 2 aromatic heterocycles. The second-order valence-corrected chi connectivity index (χ2v) is 7.19. The second kappa shape index (κ2) is 8.91. The predicted molar refractivity (Wildman–Crippen MR) is 111 cm³/mol. The van der Waals surface area contributed by atoms with Gasteiger partial charge in [0.25, 0.3) is 0 Å². The number of fused-ring (bicyclic) bond motifs is 1. The monoisotopic (exact) mass is 414 g/mol. The fraction of sp³-hybridized carbons (Fsp3) is 0.316. The van der Waals surface area contributed by atoms with Gasteiger partial charge in [0, 0.05) is 23.4 Å². The zero-order chi connectivity index (χ0) is 18.4. The van der Waals surface area contributed by atoms with E-state index in [1.807, 2.05) is 24.3 Å². The predicted octanol–water partition coefficient (Wildman–Crippen LogP) is 4.28. The molecule has 7 heteroatoms. The van der Waals surface area contributed by atoms with Crippen LogP contribution in [0.25, 0.3) is 10.9 Å². The molecule has 1 aromatic carbocycles. The average Bonchev–Trinajstić information content (AvgIpc) is 2.63. The number of hydrogen-bond acceptors (Lipinski definition) is 6. The zero-order valence-electron chi connectivity index (χ0n) is 15.0. The van der Waals surface area contributed by atoms with Crippen LogP contribution in [0.15, 0.2) is 47.5 Å². The third-order valence-corrected chi connectivity index (χ3v) is 4.70. The van der Waals surface area contributed by atoms with Gasteiger partial charge in [-0.25, -0.2) is 9.97 Å². The van der Waals surface area contributed by atoms with Gasteiger partial charge in [-0.15, -0.1) is 0 Å². The summed E-state index contributed by atoms with van der Waals surface area (Å²) >= 11 is 3.65. The van der Waals surface area contributed by atoms with Crippen molar-refractivity contribution in [3.05, 3.63) is 47.5 Å². The van der Waals surface area contributed by atoms with Crippen LogP contribution >= 0.6 is 15.9 Å². The summed E-state index contributed by atoms with van der Waals surface area (Å²) in [5.74, 6) is 0.747. The Hall–Kier alpha value is -2.25. The minimum Gasteiger partial charge on any atom is -0.382 e. The molecule has 0 bridgehead atoms. The van der Waals surface area contributed by atoms with Crippen LogP contribution in [0.3, 0.4) is 0 Å². The highest BCUT2D eigenvalue weighted by Crippen LogP contribution is 2.33. The van der Waals surface area contributed by atoms with Gasteiger partial charge in [-0.3, -0.25) is 4.98 Å². The highest BCUT2D eigenvalue weighted by atomic mass is 79.9. The number of halogens is 1. The first kappa shape index (κ1) is 18.5. The van der Waals surface area contributed by atoms with Crippen LogP contribution in [-0.2, 0) is 0 Å². The van der Waals surface area contributed by atoms with Crippen molar-refractivity contribution in [2.45, 2.75) is 12.8 Å². The molecule has 0 amide bonds. The first-order valence-electron chi connectivity index (χ1n) is 8.64. The highest BCUT2D eigenvalue weighted by molar-refractivity contribution is 9.10. The Morgan fingerprint density at radius 3 is 2.85 bits per heavy atom. The molecule has 0 aliphatic carbocycles. The van der Waals surface area contributed by atoms with Gasteiger partial charge in [0.1, 0.15) is 12.1 Å². The lowest BCUT2D eigenvalue weighted by Gasteiger charge is -2.16. The average molecular weight is 415 g/mol. The van der Waals surface area contributed by atoms with Crippen molar-refractivity contribution < 1.29 is 0 Å². The van der Waals surface area contributed by atoms with Crippen LogP contribution in [0.1, 0.15) is 12.8 Å². The van der Waals surface area contributed by atoms with E-state index >= 15 is 0 Å². The maximum absolute atomic E-state index is 4.39. The Bertz CT molecular complexity index is 862. The number of para-hydroxylation sites is 1. The Morgan fingerprint density at radius 2 is 2.00 bits per heavy atom. The number of pyridine rings is 1. The van der Waals surface area contributed by atoms with Crippen LogP contribution in [0, 0.1) is 0 Å². The lowest BCUT2D eigenvalue weighted by Crippen LogP contribution is -2.14. The molecule has 0 radical (unpaired) electrons. The minimum atomic E-state index is 0.747. The van der Waals surface area contributed by atoms with Crippen molar-refractivity contribution in [2.75, 3.05) is 37.8 Å². The first-order chi connectivity index (χ1) is 12.6. The van der Waals surface area contributed by atoms with Crippen LogP contribution in [0.4, 0.5) is 17.2 Å². The van der Waals surface area contributed by atoms with Gasteiger partial charge in [0.2, 0.25) is 0 Å². The number of nitrogens with zero attached hydrogens (tertiary/aromatic N) is 4. The molecule has 3 aromatic rings. The molecule has 136 valence electrons. The van der Waals surface area contributed by atoms with Crippen molar-refractivity contribution in [2.24, 2.45) is 0 Å². The van der Waals surface area contributed by atoms with Crippen molar-refractivity contribution in [1.29, 1.82) is 0 Å². The lowest BCUT2D eigenvalue weighted by molar-refractivity contribution is 0.396. The summed E-state index contributed by atoms with van der Waals surface area (Å²) in [7, 11) is 4.20. The summed E-state index contributed by atoms with van der Waals surface area (Å²) in [6.45, 7) is 2.01. The second-order valence-electron chi connectivity index (χ2n) is 6.34. The molecular weight excluding hydrogens is 392 g/mol. The Labute approximate surface area is 162 Å². The molecule has 0 saturated heterocycles. The fourth-order valence-electron chi connectivity index (χ4n) is 2.70. The number of unbranched alkanes of at least 4 members (excludes halogenated alkanes) is 1. The molecular formula is C19H23BrN6. The fourth-order valence-corrected chi connectivity index (χ4v) is 3.21. The summed E-state index contributed by atoms with van der Waals surface area (Å²) in [5, 5.41) is 7.86. The van der Waals surface area contributed by atoms with E-state index in [0.29, 0.717) is 0 Å². The smallest absolute Gasteiger partial charge is 0.143 e. The maximum Gasteiger partial charge on any atom is 0.143 e. The van der Waals surface area contributed by atoms with Gasteiger partial charge < -0.3 is 15.5 Å². The van der Waals surface area contributed by atoms with Gasteiger partial charge in [-0.2, -0.15) is 0 Å². The van der Waals surface area contributed by atoms with Crippen molar-refractivity contribution in [3.8, 4) is 0 Å². The number of rotatable bonds is 8. The molecule has 0 aliphatic heterocycles. The van der Waals surface area contributed by atoms with Gasteiger partial charge in [0.15, 0.2) is 0 Å². The van der Waals surface area contributed by atoms with E-state index in [-0.39, 0.29) is 0 Å². The highest BCUT2D eigenvalue weighted by Gasteiger charge is 2.10. The van der Waals surface area contributed by atoms with E-state index in [9.17, 15) is 0 Å². The minimum absolute atomic E-state index is 0.747. The van der Waals surface area contributed by atoms with Crippen molar-refractivity contribution in [1.82, 2.24) is 19.9 Å². The molecule has 6 nitrogen and oxygen atoms in total. The molecule has 0 fully saturated rings. The number of hydrogen-bond donors (Lipinski definition) is 2. The molecule has 3 rings (SSSR count). The molecule has 0 aliphatic rings. The lowest BCUT2D eigenvalue weighted by atomic mass is 10.2. The Morgan fingerprint density at radius 1 is 1.12 bits per heavy atom. The molecule has 26 heavy (non-hydrogen) atoms. The van der Waals surface area contributed by atoms with Gasteiger partial charge >= 0.3 is 0 Å². The zero-order valence-corrected chi connectivity index (χ0v) is 16.6. The van der Waals surface area contributed by atoms with Crippen LogP contribution < -0.4 is 10.6 Å². The summed E-state index contributed by atoms with van der Waals surface area (Å²) in [6.07, 6.45) is 7.36. The Kier molecular flexibility index (Phi) is 6.35. The van der Waals surface area contributed by atoms with Gasteiger partial charge in [-0.05, 0) is 67.6 Å². The number of aromatic nitrogens is 3. The normalized spacial score (nSPS) is 11.1. The third-order valence-electron chi connectivity index (χ3n) is 4.04. The molecule has 0 spiro atoms. The van der Waals surface area contributed by atoms with Crippen LogP contribution in [0.5, 0.6) is 0 Å². The summed E-state index contributed by atoms with van der Waals surface area (Å²) in [4.78, 5) is 15.1. The maximum atomic E-state index is 4.39. The van der Waals surface area contributed by atoms with E-state index < -0.39 is 0 Å². The number of anilines is 3.